The van der Waals surface area contributed by atoms with Crippen LogP contribution in [-0.4, -0.2) is 28.0 Å². The van der Waals surface area contributed by atoms with Crippen molar-refractivity contribution in [2.45, 2.75) is 0 Å². The van der Waals surface area contributed by atoms with Crippen molar-refractivity contribution in [3.05, 3.63) is 51.8 Å². The first-order chi connectivity index (χ1) is 9.43. The van der Waals surface area contributed by atoms with Gasteiger partial charge in [-0.3, -0.25) is 4.79 Å². The average molecular weight is 282 g/mol. The highest BCUT2D eigenvalue weighted by Gasteiger charge is 2.16. The molecule has 20 heavy (non-hydrogen) atoms. The summed E-state index contributed by atoms with van der Waals surface area (Å²) in [6, 6.07) is 3.73. The zero-order chi connectivity index (χ0) is 14.9. The Hall–Kier alpha value is -2.77. The van der Waals surface area contributed by atoms with Crippen LogP contribution >= 0.6 is 0 Å². The van der Waals surface area contributed by atoms with Gasteiger partial charge in [-0.25, -0.2) is 13.6 Å². The molecule has 0 unspecified atom stereocenters. The van der Waals surface area contributed by atoms with Crippen LogP contribution < -0.4 is 10.2 Å². The maximum atomic E-state index is 13.2. The third-order valence-electron chi connectivity index (χ3n) is 2.46. The van der Waals surface area contributed by atoms with Crippen molar-refractivity contribution >= 4 is 5.97 Å². The number of nitrogens with zero attached hydrogens (tertiary/aromatic N) is 2. The number of benzene rings is 1. The molecule has 8 heteroatoms. The highest BCUT2D eigenvalue weighted by atomic mass is 19.2. The van der Waals surface area contributed by atoms with Gasteiger partial charge in [0.2, 0.25) is 17.0 Å². The van der Waals surface area contributed by atoms with Gasteiger partial charge in [-0.05, 0) is 12.1 Å². The minimum atomic E-state index is -1.53. The molecule has 0 bridgehead atoms. The van der Waals surface area contributed by atoms with Gasteiger partial charge >= 0.3 is 5.97 Å². The third-order valence-corrected chi connectivity index (χ3v) is 2.46. The molecular formula is C12H8F2N2O4. The first kappa shape index (κ1) is 13.7. The molecule has 0 amide bonds. The Kier molecular flexibility index (Phi) is 3.47. The fourth-order valence-corrected chi connectivity index (χ4v) is 1.54. The van der Waals surface area contributed by atoms with E-state index in [2.05, 4.69) is 5.10 Å². The summed E-state index contributed by atoms with van der Waals surface area (Å²) in [6.07, 6.45) is 0. The van der Waals surface area contributed by atoms with Gasteiger partial charge in [-0.15, -0.1) is 0 Å². The monoisotopic (exact) mass is 282 g/mol. The predicted molar refractivity (Wildman–Crippen MR) is 63.3 cm³/mol. The Balaban J connectivity index is 2.71. The maximum absolute atomic E-state index is 13.2. The quantitative estimate of drug-likeness (QED) is 0.915. The lowest BCUT2D eigenvalue weighted by atomic mass is 10.3. The molecule has 0 fully saturated rings. The van der Waals surface area contributed by atoms with Crippen molar-refractivity contribution < 1.29 is 23.4 Å². The molecule has 0 saturated carbocycles. The molecule has 0 aliphatic heterocycles. The van der Waals surface area contributed by atoms with E-state index in [1.165, 1.54) is 13.2 Å². The third kappa shape index (κ3) is 2.35. The number of ether oxygens (including phenoxy) is 1. The van der Waals surface area contributed by atoms with Gasteiger partial charge < -0.3 is 9.84 Å². The van der Waals surface area contributed by atoms with E-state index in [1.807, 2.05) is 0 Å². The van der Waals surface area contributed by atoms with Crippen molar-refractivity contribution in [1.82, 2.24) is 9.78 Å². The van der Waals surface area contributed by atoms with Crippen molar-refractivity contribution in [2.24, 2.45) is 0 Å². The summed E-state index contributed by atoms with van der Waals surface area (Å²) in [4.78, 5) is 22.3. The number of aromatic carboxylic acids is 1. The lowest BCUT2D eigenvalue weighted by Gasteiger charge is -2.11. The normalized spacial score (nSPS) is 10.3. The van der Waals surface area contributed by atoms with Crippen LogP contribution in [0, 0.1) is 11.6 Å². The number of methoxy groups -OCH3 is 1. The first-order valence-corrected chi connectivity index (χ1v) is 5.31. The summed E-state index contributed by atoms with van der Waals surface area (Å²) in [5, 5.41) is 12.4. The number of aromatic nitrogens is 2. The van der Waals surface area contributed by atoms with Crippen LogP contribution in [0.1, 0.15) is 10.5 Å². The van der Waals surface area contributed by atoms with E-state index in [0.717, 1.165) is 22.9 Å². The van der Waals surface area contributed by atoms with Gasteiger partial charge in [0.15, 0.2) is 11.6 Å². The van der Waals surface area contributed by atoms with Gasteiger partial charge in [-0.2, -0.15) is 9.78 Å². The molecule has 2 aromatic rings. The molecule has 1 aromatic carbocycles. The molecule has 1 heterocycles. The van der Waals surface area contributed by atoms with E-state index in [0.29, 0.717) is 0 Å². The van der Waals surface area contributed by atoms with Crippen LogP contribution in [0.4, 0.5) is 8.78 Å². The number of hydrogen-bond acceptors (Lipinski definition) is 4. The number of carboxylic acid groups (broad SMARTS) is 1. The number of carboxylic acids is 1. The summed E-state index contributed by atoms with van der Waals surface area (Å²) in [6.45, 7) is 0. The molecule has 0 saturated heterocycles. The molecule has 0 atom stereocenters. The maximum Gasteiger partial charge on any atom is 0.360 e. The standard InChI is InChI=1S/C12H8F2N2O4/c1-20-10-5-9(17)11(12(18)19)15-16(10)6-2-3-7(13)8(14)4-6/h2-5H,1H3,(H,18,19). The largest absolute Gasteiger partial charge is 0.481 e. The summed E-state index contributed by atoms with van der Waals surface area (Å²) in [7, 11) is 1.23. The van der Waals surface area contributed by atoms with Crippen LogP contribution in [-0.2, 0) is 0 Å². The molecule has 6 nitrogen and oxygen atoms in total. The Bertz CT molecular complexity index is 743. The summed E-state index contributed by atoms with van der Waals surface area (Å²) < 4.78 is 31.9. The number of halogens is 2. The molecule has 2 rings (SSSR count). The smallest absolute Gasteiger partial charge is 0.360 e. The van der Waals surface area contributed by atoms with E-state index in [-0.39, 0.29) is 11.6 Å². The number of rotatable bonds is 3. The van der Waals surface area contributed by atoms with Crippen molar-refractivity contribution in [1.29, 1.82) is 0 Å². The van der Waals surface area contributed by atoms with E-state index in [9.17, 15) is 18.4 Å². The Labute approximate surface area is 110 Å². The fourth-order valence-electron chi connectivity index (χ4n) is 1.54. The molecule has 1 aromatic heterocycles. The second-order valence-corrected chi connectivity index (χ2v) is 3.71. The minimum Gasteiger partial charge on any atom is -0.481 e. The van der Waals surface area contributed by atoms with E-state index in [1.54, 1.807) is 0 Å². The zero-order valence-corrected chi connectivity index (χ0v) is 10.1. The SMILES string of the molecule is COc1cc(=O)c(C(=O)O)nn1-c1ccc(F)c(F)c1. The van der Waals surface area contributed by atoms with Gasteiger partial charge in [0.25, 0.3) is 0 Å². The van der Waals surface area contributed by atoms with Crippen molar-refractivity contribution in [3.8, 4) is 11.6 Å². The molecule has 0 aliphatic rings. The second kappa shape index (κ2) is 5.08. The molecule has 1 N–H and O–H groups in total. The average Bonchev–Trinajstić information content (AvgIpc) is 2.41. The van der Waals surface area contributed by atoms with E-state index >= 15 is 0 Å². The topological polar surface area (TPSA) is 81.4 Å². The molecule has 0 spiro atoms. The lowest BCUT2D eigenvalue weighted by Crippen LogP contribution is -2.22. The molecule has 0 radical (unpaired) electrons. The van der Waals surface area contributed by atoms with Gasteiger partial charge in [0, 0.05) is 6.07 Å². The van der Waals surface area contributed by atoms with Crippen molar-refractivity contribution in [2.75, 3.05) is 7.11 Å². The van der Waals surface area contributed by atoms with Crippen LogP contribution in [0.5, 0.6) is 5.88 Å². The van der Waals surface area contributed by atoms with Gasteiger partial charge in [0.05, 0.1) is 18.9 Å². The van der Waals surface area contributed by atoms with Gasteiger partial charge in [-0.1, -0.05) is 0 Å². The lowest BCUT2D eigenvalue weighted by molar-refractivity contribution is 0.0686. The Morgan fingerprint density at radius 1 is 1.30 bits per heavy atom. The number of hydrogen-bond donors (Lipinski definition) is 1. The zero-order valence-electron chi connectivity index (χ0n) is 10.1. The summed E-state index contributed by atoms with van der Waals surface area (Å²) in [5.41, 5.74) is -1.59. The van der Waals surface area contributed by atoms with E-state index in [4.69, 9.17) is 9.84 Å². The van der Waals surface area contributed by atoms with Crippen LogP contribution in [0.2, 0.25) is 0 Å². The fraction of sp³-hybridized carbons (Fsp3) is 0.0833. The van der Waals surface area contributed by atoms with Crippen molar-refractivity contribution in [3.63, 3.8) is 0 Å². The number of carbonyl (C=O) groups is 1. The highest BCUT2D eigenvalue weighted by Crippen LogP contribution is 2.17. The van der Waals surface area contributed by atoms with Gasteiger partial charge in [0.1, 0.15) is 0 Å². The second-order valence-electron chi connectivity index (χ2n) is 3.71. The van der Waals surface area contributed by atoms with Crippen LogP contribution in [0.25, 0.3) is 5.69 Å². The highest BCUT2D eigenvalue weighted by molar-refractivity contribution is 5.85. The predicted octanol–water partition coefficient (Wildman–Crippen LogP) is 1.22. The first-order valence-electron chi connectivity index (χ1n) is 5.31. The summed E-state index contributed by atoms with van der Waals surface area (Å²) in [5.74, 6) is -3.84. The van der Waals surface area contributed by atoms with Crippen LogP contribution in [0.3, 0.4) is 0 Å². The van der Waals surface area contributed by atoms with Crippen LogP contribution in [0.15, 0.2) is 29.1 Å². The Morgan fingerprint density at radius 3 is 2.55 bits per heavy atom. The molecular weight excluding hydrogens is 274 g/mol. The van der Waals surface area contributed by atoms with E-state index < -0.39 is 28.7 Å². The summed E-state index contributed by atoms with van der Waals surface area (Å²) >= 11 is 0. The minimum absolute atomic E-state index is 0.0169. The molecule has 0 aliphatic carbocycles. The Morgan fingerprint density at radius 2 is 2.00 bits per heavy atom. The molecule has 104 valence electrons.